The Morgan fingerprint density at radius 2 is 1.47 bits per heavy atom. The van der Waals surface area contributed by atoms with Crippen molar-refractivity contribution in [2.24, 2.45) is 10.4 Å². The summed E-state index contributed by atoms with van der Waals surface area (Å²) < 4.78 is 0. The molecule has 0 saturated heterocycles. The van der Waals surface area contributed by atoms with Gasteiger partial charge in [-0.05, 0) is 30.9 Å². The van der Waals surface area contributed by atoms with Gasteiger partial charge in [-0.3, -0.25) is 14.6 Å². The lowest BCUT2D eigenvalue weighted by molar-refractivity contribution is -0.157. The fourth-order valence-electron chi connectivity index (χ4n) is 4.43. The minimum atomic E-state index is -2.58. The molecule has 3 N–H and O–H groups in total. The van der Waals surface area contributed by atoms with Crippen LogP contribution >= 0.6 is 0 Å². The van der Waals surface area contributed by atoms with Gasteiger partial charge in [-0.25, -0.2) is 9.59 Å². The van der Waals surface area contributed by atoms with Crippen molar-refractivity contribution in [1.29, 1.82) is 0 Å². The van der Waals surface area contributed by atoms with Gasteiger partial charge in [0.25, 0.3) is 5.54 Å². The Morgan fingerprint density at radius 3 is 1.91 bits per heavy atom. The zero-order chi connectivity index (χ0) is 23.9. The lowest BCUT2D eigenvalue weighted by Crippen LogP contribution is -2.50. The van der Waals surface area contributed by atoms with Gasteiger partial charge in [0.2, 0.25) is 0 Å². The number of Topliss-reactive ketones (excluding diaryl/α,β-unsaturated/α-hetero) is 2. The Morgan fingerprint density at radius 1 is 0.938 bits per heavy atom. The van der Waals surface area contributed by atoms with E-state index in [9.17, 15) is 29.4 Å². The molecule has 0 bridgehead atoms. The first-order chi connectivity index (χ1) is 15.2. The number of hydrogen-bond acceptors (Lipinski definition) is 5. The van der Waals surface area contributed by atoms with E-state index < -0.39 is 40.9 Å². The molecule has 1 aliphatic heterocycles. The minimum absolute atomic E-state index is 0.0350. The molecule has 8 heteroatoms. The molecule has 0 unspecified atom stereocenters. The number of aromatic nitrogens is 1. The molecule has 0 saturated carbocycles. The van der Waals surface area contributed by atoms with Crippen molar-refractivity contribution in [1.82, 2.24) is 4.98 Å². The summed E-state index contributed by atoms with van der Waals surface area (Å²) in [6.45, 7) is 5.87. The number of ketones is 2. The number of H-pyrrole nitrogens is 1. The average Bonchev–Trinajstić information content (AvgIpc) is 3.37. The lowest BCUT2D eigenvalue weighted by atomic mass is 9.67. The standard InChI is InChI=1S/C24H34N2O6/c1-4-7-9-11-17(27)23(18(28)12-10-8-5-2)15-24(21(29)30,22(31)32)26-20(23)19-16(6-3)13-14-25-19/h13-14,25H,4-12,15H2,1-3H3,(H,29,30)(H,31,32). The van der Waals surface area contributed by atoms with E-state index in [2.05, 4.69) is 9.98 Å². The number of carboxylic acids is 2. The highest BCUT2D eigenvalue weighted by atomic mass is 16.4. The highest BCUT2D eigenvalue weighted by Crippen LogP contribution is 2.46. The first kappa shape index (κ1) is 25.5. The van der Waals surface area contributed by atoms with Crippen molar-refractivity contribution < 1.29 is 29.4 Å². The molecule has 1 aromatic rings. The van der Waals surface area contributed by atoms with Crippen LogP contribution in [-0.2, 0) is 25.6 Å². The quantitative estimate of drug-likeness (QED) is 0.292. The van der Waals surface area contributed by atoms with Gasteiger partial charge in [0, 0.05) is 25.5 Å². The molecule has 0 spiro atoms. The molecular formula is C24H34N2O6. The molecule has 0 atom stereocenters. The number of carbonyl (C=O) groups excluding carboxylic acids is 2. The van der Waals surface area contributed by atoms with Gasteiger partial charge in [0.15, 0.2) is 11.6 Å². The van der Waals surface area contributed by atoms with E-state index in [1.807, 2.05) is 20.8 Å². The third-order valence-electron chi connectivity index (χ3n) is 6.35. The molecule has 0 aliphatic carbocycles. The molecule has 1 aromatic heterocycles. The summed E-state index contributed by atoms with van der Waals surface area (Å²) in [5.74, 6) is -4.21. The maximum Gasteiger partial charge on any atom is 0.343 e. The number of hydrogen-bond donors (Lipinski definition) is 3. The molecule has 8 nitrogen and oxygen atoms in total. The van der Waals surface area contributed by atoms with Gasteiger partial charge in [0.05, 0.1) is 11.4 Å². The molecule has 0 aromatic carbocycles. The summed E-state index contributed by atoms with van der Waals surface area (Å²) in [6.07, 6.45) is 6.05. The van der Waals surface area contributed by atoms with Crippen LogP contribution in [-0.4, -0.2) is 50.0 Å². The molecule has 2 heterocycles. The smallest absolute Gasteiger partial charge is 0.343 e. The predicted octanol–water partition coefficient (Wildman–Crippen LogP) is 3.96. The van der Waals surface area contributed by atoms with E-state index in [0.29, 0.717) is 25.0 Å². The monoisotopic (exact) mass is 446 g/mol. The average molecular weight is 447 g/mol. The van der Waals surface area contributed by atoms with Crippen LogP contribution in [0.4, 0.5) is 0 Å². The number of rotatable bonds is 14. The van der Waals surface area contributed by atoms with E-state index in [1.54, 1.807) is 12.3 Å². The zero-order valence-corrected chi connectivity index (χ0v) is 19.2. The third kappa shape index (κ3) is 4.54. The van der Waals surface area contributed by atoms with Crippen LogP contribution in [0.1, 0.15) is 89.8 Å². The van der Waals surface area contributed by atoms with Crippen LogP contribution in [0.5, 0.6) is 0 Å². The van der Waals surface area contributed by atoms with Crippen LogP contribution in [0, 0.1) is 5.41 Å². The summed E-state index contributed by atoms with van der Waals surface area (Å²) in [5, 5.41) is 19.8. The van der Waals surface area contributed by atoms with Gasteiger partial charge < -0.3 is 15.2 Å². The van der Waals surface area contributed by atoms with Crippen molar-refractivity contribution in [2.45, 2.75) is 90.5 Å². The second-order valence-corrected chi connectivity index (χ2v) is 8.51. The summed E-state index contributed by atoms with van der Waals surface area (Å²) >= 11 is 0. The topological polar surface area (TPSA) is 137 Å². The van der Waals surface area contributed by atoms with Gasteiger partial charge in [-0.2, -0.15) is 0 Å². The van der Waals surface area contributed by atoms with Crippen LogP contribution < -0.4 is 0 Å². The largest absolute Gasteiger partial charge is 0.479 e. The lowest BCUT2D eigenvalue weighted by Gasteiger charge is -2.30. The molecule has 2 rings (SSSR count). The first-order valence-corrected chi connectivity index (χ1v) is 11.5. The van der Waals surface area contributed by atoms with Crippen molar-refractivity contribution in [3.8, 4) is 0 Å². The third-order valence-corrected chi connectivity index (χ3v) is 6.35. The van der Waals surface area contributed by atoms with Crippen LogP contribution in [0.3, 0.4) is 0 Å². The van der Waals surface area contributed by atoms with Crippen molar-refractivity contribution >= 4 is 29.2 Å². The number of nitrogens with zero attached hydrogens (tertiary/aromatic N) is 1. The molecule has 176 valence electrons. The molecular weight excluding hydrogens is 412 g/mol. The Bertz CT molecular complexity index is 862. The molecule has 32 heavy (non-hydrogen) atoms. The molecule has 1 aliphatic rings. The SMILES string of the molecule is CCCCCC(=O)C1(C(=O)CCCCC)CC(C(=O)O)(C(=O)O)N=C1c1[nH]ccc1CC. The zero-order valence-electron chi connectivity index (χ0n) is 19.2. The predicted molar refractivity (Wildman–Crippen MR) is 120 cm³/mol. The van der Waals surface area contributed by atoms with Crippen LogP contribution in [0.2, 0.25) is 0 Å². The fourth-order valence-corrected chi connectivity index (χ4v) is 4.43. The number of unbranched alkanes of at least 4 members (excludes halogenated alkanes) is 4. The molecule has 0 fully saturated rings. The minimum Gasteiger partial charge on any atom is -0.479 e. The number of nitrogens with one attached hydrogen (secondary N) is 1. The Hall–Kier alpha value is -2.77. The van der Waals surface area contributed by atoms with Crippen molar-refractivity contribution in [2.75, 3.05) is 0 Å². The van der Waals surface area contributed by atoms with E-state index >= 15 is 0 Å². The van der Waals surface area contributed by atoms with Gasteiger partial charge in [-0.1, -0.05) is 46.5 Å². The highest BCUT2D eigenvalue weighted by Gasteiger charge is 2.65. The summed E-state index contributed by atoms with van der Waals surface area (Å²) in [4.78, 5) is 58.8. The molecule has 0 radical (unpaired) electrons. The first-order valence-electron chi connectivity index (χ1n) is 11.5. The number of carbonyl (C=O) groups is 4. The van der Waals surface area contributed by atoms with E-state index in [1.165, 1.54) is 0 Å². The number of aliphatic carboxylic acids is 2. The van der Waals surface area contributed by atoms with Crippen LogP contribution in [0.15, 0.2) is 17.3 Å². The van der Waals surface area contributed by atoms with E-state index in [-0.39, 0.29) is 18.6 Å². The second-order valence-electron chi connectivity index (χ2n) is 8.51. The summed E-state index contributed by atoms with van der Waals surface area (Å²) in [5.41, 5.74) is -3.36. The van der Waals surface area contributed by atoms with Crippen molar-refractivity contribution in [3.05, 3.63) is 23.5 Å². The summed E-state index contributed by atoms with van der Waals surface area (Å²) in [6, 6.07) is 1.77. The van der Waals surface area contributed by atoms with Gasteiger partial charge >= 0.3 is 11.9 Å². The maximum absolute atomic E-state index is 13.7. The van der Waals surface area contributed by atoms with Gasteiger partial charge in [0.1, 0.15) is 5.41 Å². The van der Waals surface area contributed by atoms with E-state index in [0.717, 1.165) is 31.2 Å². The Kier molecular flexibility index (Phi) is 8.52. The van der Waals surface area contributed by atoms with Crippen molar-refractivity contribution in [3.63, 3.8) is 0 Å². The van der Waals surface area contributed by atoms with Crippen LogP contribution in [0.25, 0.3) is 0 Å². The number of aromatic amines is 1. The Balaban J connectivity index is 2.72. The molecule has 0 amide bonds. The fraction of sp³-hybridized carbons (Fsp3) is 0.625. The number of aliphatic imine (C=N–C) groups is 1. The number of carboxylic acid groups (broad SMARTS) is 2. The second kappa shape index (κ2) is 10.7. The van der Waals surface area contributed by atoms with E-state index in [4.69, 9.17) is 0 Å². The number of aryl methyl sites for hydroxylation is 1. The van der Waals surface area contributed by atoms with Gasteiger partial charge in [-0.15, -0.1) is 0 Å². The summed E-state index contributed by atoms with van der Waals surface area (Å²) in [7, 11) is 0. The Labute approximate surface area is 188 Å². The normalized spacial score (nSPS) is 16.5. The highest BCUT2D eigenvalue weighted by molar-refractivity contribution is 6.33. The maximum atomic E-state index is 13.7.